The van der Waals surface area contributed by atoms with Gasteiger partial charge in [0.05, 0.1) is 12.8 Å². The summed E-state index contributed by atoms with van der Waals surface area (Å²) in [5, 5.41) is 10.2. The summed E-state index contributed by atoms with van der Waals surface area (Å²) in [6, 6.07) is 7.61. The number of hydrogen-bond donors (Lipinski definition) is 0. The maximum Gasteiger partial charge on any atom is 0.445 e. The number of anilines is 1. The van der Waals surface area contributed by atoms with Gasteiger partial charge in [0.25, 0.3) is 0 Å². The molecule has 0 spiro atoms. The monoisotopic (exact) mass is 428 g/mol. The van der Waals surface area contributed by atoms with Crippen molar-refractivity contribution in [3.05, 3.63) is 34.8 Å². The standard InChI is InChI=1S/C19H23F3N4O2S/c1-2-28-23-13-15-3-5-16(6-4-15)27-12-9-14-7-10-26(11-8-14)18-25-24-17(29-18)19(20,21)22/h3-6,13-14H,2,7-12H2,1H3. The van der Waals surface area contributed by atoms with Gasteiger partial charge in [0.1, 0.15) is 12.4 Å². The van der Waals surface area contributed by atoms with E-state index in [4.69, 9.17) is 9.57 Å². The van der Waals surface area contributed by atoms with Gasteiger partial charge in [-0.25, -0.2) is 0 Å². The van der Waals surface area contributed by atoms with Crippen LogP contribution in [0.5, 0.6) is 5.75 Å². The second-order valence-corrected chi connectivity index (χ2v) is 7.63. The normalized spacial score (nSPS) is 15.8. The Bertz CT molecular complexity index is 787. The van der Waals surface area contributed by atoms with E-state index in [1.807, 2.05) is 36.1 Å². The molecule has 1 aromatic heterocycles. The summed E-state index contributed by atoms with van der Waals surface area (Å²) in [5.41, 5.74) is 0.934. The Labute approximate surface area is 171 Å². The first kappa shape index (κ1) is 21.4. The summed E-state index contributed by atoms with van der Waals surface area (Å²) < 4.78 is 43.8. The molecule has 0 radical (unpaired) electrons. The highest BCUT2D eigenvalue weighted by atomic mass is 32.1. The number of ether oxygens (including phenoxy) is 1. The van der Waals surface area contributed by atoms with E-state index in [2.05, 4.69) is 15.4 Å². The molecule has 0 amide bonds. The van der Waals surface area contributed by atoms with E-state index >= 15 is 0 Å². The molecule has 0 atom stereocenters. The zero-order valence-corrected chi connectivity index (χ0v) is 16.9. The zero-order valence-electron chi connectivity index (χ0n) is 16.1. The Morgan fingerprint density at radius 3 is 2.55 bits per heavy atom. The Hall–Kier alpha value is -2.36. The Kier molecular flexibility index (Phi) is 7.29. The van der Waals surface area contributed by atoms with Crippen molar-refractivity contribution in [2.24, 2.45) is 11.1 Å². The lowest BCUT2D eigenvalue weighted by atomic mass is 9.94. The van der Waals surface area contributed by atoms with Crippen molar-refractivity contribution in [2.45, 2.75) is 32.4 Å². The smallest absolute Gasteiger partial charge is 0.445 e. The van der Waals surface area contributed by atoms with Gasteiger partial charge in [0, 0.05) is 13.1 Å². The van der Waals surface area contributed by atoms with Crippen LogP contribution >= 0.6 is 11.3 Å². The zero-order chi connectivity index (χ0) is 20.7. The summed E-state index contributed by atoms with van der Waals surface area (Å²) in [6.07, 6.45) is -0.0733. The highest BCUT2D eigenvalue weighted by Gasteiger charge is 2.36. The molecule has 6 nitrogen and oxygen atoms in total. The van der Waals surface area contributed by atoms with Crippen LogP contribution < -0.4 is 9.64 Å². The summed E-state index contributed by atoms with van der Waals surface area (Å²) in [7, 11) is 0. The fourth-order valence-electron chi connectivity index (χ4n) is 3.04. The predicted octanol–water partition coefficient (Wildman–Crippen LogP) is 4.61. The maximum absolute atomic E-state index is 12.7. The van der Waals surface area contributed by atoms with Gasteiger partial charge in [-0.1, -0.05) is 16.5 Å². The third kappa shape index (κ3) is 6.31. The molecule has 0 unspecified atom stereocenters. The van der Waals surface area contributed by atoms with E-state index in [0.29, 0.717) is 48.7 Å². The van der Waals surface area contributed by atoms with E-state index in [9.17, 15) is 13.2 Å². The van der Waals surface area contributed by atoms with Gasteiger partial charge < -0.3 is 14.5 Å². The van der Waals surface area contributed by atoms with E-state index in [1.165, 1.54) is 0 Å². The number of halogens is 3. The largest absolute Gasteiger partial charge is 0.494 e. The molecule has 2 aromatic rings. The molecule has 0 N–H and O–H groups in total. The van der Waals surface area contributed by atoms with Crippen LogP contribution in [-0.4, -0.2) is 42.7 Å². The van der Waals surface area contributed by atoms with Gasteiger partial charge in [0.15, 0.2) is 0 Å². The van der Waals surface area contributed by atoms with Crippen molar-refractivity contribution in [3.8, 4) is 5.75 Å². The van der Waals surface area contributed by atoms with Crippen molar-refractivity contribution in [3.63, 3.8) is 0 Å². The molecule has 158 valence electrons. The van der Waals surface area contributed by atoms with Gasteiger partial charge in [-0.05, 0) is 61.9 Å². The summed E-state index contributed by atoms with van der Waals surface area (Å²) in [5.74, 6) is 1.28. The van der Waals surface area contributed by atoms with E-state index < -0.39 is 11.2 Å². The van der Waals surface area contributed by atoms with Gasteiger partial charge in [0.2, 0.25) is 10.1 Å². The van der Waals surface area contributed by atoms with Crippen molar-refractivity contribution >= 4 is 22.7 Å². The first-order valence-electron chi connectivity index (χ1n) is 9.49. The molecule has 10 heteroatoms. The minimum absolute atomic E-state index is 0.347. The molecule has 1 aromatic carbocycles. The first-order valence-corrected chi connectivity index (χ1v) is 10.3. The number of benzene rings is 1. The molecule has 1 saturated heterocycles. The van der Waals surface area contributed by atoms with Gasteiger partial charge in [-0.15, -0.1) is 10.2 Å². The number of rotatable bonds is 8. The molecule has 0 saturated carbocycles. The van der Waals surface area contributed by atoms with Crippen molar-refractivity contribution in [2.75, 3.05) is 31.2 Å². The average Bonchev–Trinajstić information content (AvgIpc) is 3.21. The third-order valence-corrected chi connectivity index (χ3v) is 5.65. The molecular weight excluding hydrogens is 405 g/mol. The van der Waals surface area contributed by atoms with Crippen molar-refractivity contribution in [1.82, 2.24) is 10.2 Å². The van der Waals surface area contributed by atoms with Gasteiger partial charge >= 0.3 is 6.18 Å². The van der Waals surface area contributed by atoms with Crippen molar-refractivity contribution < 1.29 is 22.7 Å². The number of piperidine rings is 1. The number of nitrogens with zero attached hydrogens (tertiary/aromatic N) is 4. The molecular formula is C19H23F3N4O2S. The minimum Gasteiger partial charge on any atom is -0.494 e. The average molecular weight is 428 g/mol. The number of alkyl halides is 3. The SMILES string of the molecule is CCON=Cc1ccc(OCCC2CCN(c3nnc(C(F)(F)F)s3)CC2)cc1. The Balaban J connectivity index is 1.38. The molecule has 0 aliphatic carbocycles. The van der Waals surface area contributed by atoms with Gasteiger partial charge in [-0.3, -0.25) is 0 Å². The molecule has 0 bridgehead atoms. The van der Waals surface area contributed by atoms with Crippen LogP contribution in [0.2, 0.25) is 0 Å². The number of hydrogen-bond acceptors (Lipinski definition) is 7. The van der Waals surface area contributed by atoms with Crippen molar-refractivity contribution in [1.29, 1.82) is 0 Å². The summed E-state index contributed by atoms with van der Waals surface area (Å²) in [6.45, 7) is 4.38. The lowest BCUT2D eigenvalue weighted by Gasteiger charge is -2.31. The highest BCUT2D eigenvalue weighted by Crippen LogP contribution is 2.35. The minimum atomic E-state index is -4.43. The Morgan fingerprint density at radius 2 is 1.93 bits per heavy atom. The molecule has 1 aliphatic rings. The van der Waals surface area contributed by atoms with Crippen LogP contribution in [0.25, 0.3) is 0 Å². The second kappa shape index (κ2) is 9.91. The molecule has 1 fully saturated rings. The molecule has 29 heavy (non-hydrogen) atoms. The van der Waals surface area contributed by atoms with Crippen LogP contribution in [0, 0.1) is 5.92 Å². The van der Waals surface area contributed by atoms with Crippen LogP contribution in [0.15, 0.2) is 29.4 Å². The lowest BCUT2D eigenvalue weighted by Crippen LogP contribution is -2.34. The maximum atomic E-state index is 12.7. The quantitative estimate of drug-likeness (QED) is 0.454. The fourth-order valence-corrected chi connectivity index (χ4v) is 3.80. The van der Waals surface area contributed by atoms with E-state index in [1.54, 1.807) is 6.21 Å². The summed E-state index contributed by atoms with van der Waals surface area (Å²) >= 11 is 0.607. The molecule has 2 heterocycles. The second-order valence-electron chi connectivity index (χ2n) is 6.68. The highest BCUT2D eigenvalue weighted by molar-refractivity contribution is 7.15. The van der Waals surface area contributed by atoms with E-state index in [-0.39, 0.29) is 0 Å². The Morgan fingerprint density at radius 1 is 1.21 bits per heavy atom. The number of oxime groups is 1. The fraction of sp³-hybridized carbons (Fsp3) is 0.526. The van der Waals surface area contributed by atoms with Crippen LogP contribution in [0.3, 0.4) is 0 Å². The predicted molar refractivity (Wildman–Crippen MR) is 106 cm³/mol. The van der Waals surface area contributed by atoms with E-state index in [0.717, 1.165) is 30.6 Å². The van der Waals surface area contributed by atoms with Gasteiger partial charge in [-0.2, -0.15) is 13.2 Å². The molecule has 3 rings (SSSR count). The van der Waals surface area contributed by atoms with Crippen LogP contribution in [-0.2, 0) is 11.0 Å². The lowest BCUT2D eigenvalue weighted by molar-refractivity contribution is -0.138. The van der Waals surface area contributed by atoms with Crippen LogP contribution in [0.1, 0.15) is 36.8 Å². The van der Waals surface area contributed by atoms with Crippen LogP contribution in [0.4, 0.5) is 18.3 Å². The third-order valence-electron chi connectivity index (χ3n) is 4.62. The first-order chi connectivity index (χ1) is 14.0. The summed E-state index contributed by atoms with van der Waals surface area (Å²) in [4.78, 5) is 6.81. The molecule has 1 aliphatic heterocycles. The topological polar surface area (TPSA) is 59.8 Å². The number of aromatic nitrogens is 2.